The van der Waals surface area contributed by atoms with E-state index in [9.17, 15) is 13.6 Å². The zero-order valence-electron chi connectivity index (χ0n) is 17.8. The highest BCUT2D eigenvalue weighted by molar-refractivity contribution is 6.31. The summed E-state index contributed by atoms with van der Waals surface area (Å²) in [6.07, 6.45) is 0.390. The van der Waals surface area contributed by atoms with Crippen LogP contribution in [0.1, 0.15) is 33.9 Å². The van der Waals surface area contributed by atoms with Gasteiger partial charge < -0.3 is 5.32 Å². The molecule has 2 atom stereocenters. The molecule has 10 heteroatoms. The van der Waals surface area contributed by atoms with E-state index in [1.165, 1.54) is 30.3 Å². The van der Waals surface area contributed by atoms with Crippen molar-refractivity contribution < 1.29 is 13.6 Å². The van der Waals surface area contributed by atoms with Crippen LogP contribution < -0.4 is 21.5 Å². The lowest BCUT2D eigenvalue weighted by Crippen LogP contribution is -2.50. The molecule has 0 saturated carbocycles. The van der Waals surface area contributed by atoms with Gasteiger partial charge in [-0.25, -0.2) is 24.6 Å². The Kier molecular flexibility index (Phi) is 7.74. The molecule has 1 aliphatic rings. The van der Waals surface area contributed by atoms with E-state index in [0.717, 1.165) is 11.6 Å². The van der Waals surface area contributed by atoms with E-state index in [1.807, 2.05) is 30.3 Å². The molecule has 176 valence electrons. The fraction of sp³-hybridized carbons (Fsp3) is 0.167. The van der Waals surface area contributed by atoms with Gasteiger partial charge in [-0.05, 0) is 41.5 Å². The first-order valence-electron chi connectivity index (χ1n) is 10.5. The van der Waals surface area contributed by atoms with Crippen LogP contribution in [0.25, 0.3) is 0 Å². The third-order valence-electron chi connectivity index (χ3n) is 5.25. The molecule has 0 spiro atoms. The number of guanidine groups is 1. The van der Waals surface area contributed by atoms with Crippen molar-refractivity contribution in [3.63, 3.8) is 0 Å². The Morgan fingerprint density at radius 1 is 1.00 bits per heavy atom. The van der Waals surface area contributed by atoms with Crippen molar-refractivity contribution in [1.29, 1.82) is 0 Å². The van der Waals surface area contributed by atoms with Crippen LogP contribution in [-0.2, 0) is 6.54 Å². The summed E-state index contributed by atoms with van der Waals surface area (Å²) in [5.41, 5.74) is 8.11. The second kappa shape index (κ2) is 10.9. The van der Waals surface area contributed by atoms with E-state index in [4.69, 9.17) is 23.2 Å². The third kappa shape index (κ3) is 6.09. The van der Waals surface area contributed by atoms with Gasteiger partial charge in [0.25, 0.3) is 5.91 Å². The van der Waals surface area contributed by atoms with Gasteiger partial charge in [-0.15, -0.1) is 0 Å². The number of halogens is 4. The van der Waals surface area contributed by atoms with Crippen LogP contribution in [0, 0.1) is 11.6 Å². The largest absolute Gasteiger partial charge is 0.339 e. The van der Waals surface area contributed by atoms with Crippen molar-refractivity contribution in [2.45, 2.75) is 25.2 Å². The molecule has 1 saturated heterocycles. The molecule has 4 N–H and O–H groups in total. The smallest absolute Gasteiger partial charge is 0.258 e. The number of nitrogens with zero attached hydrogens (tertiary/aromatic N) is 1. The molecule has 1 amide bonds. The molecule has 0 aliphatic carbocycles. The quantitative estimate of drug-likeness (QED) is 0.300. The summed E-state index contributed by atoms with van der Waals surface area (Å²) >= 11 is 11.8. The minimum atomic E-state index is -0.703. The molecule has 2 unspecified atom stereocenters. The van der Waals surface area contributed by atoms with Crippen molar-refractivity contribution in [3.8, 4) is 0 Å². The number of benzene rings is 3. The summed E-state index contributed by atoms with van der Waals surface area (Å²) in [7, 11) is 0. The molecule has 0 aromatic heterocycles. The van der Waals surface area contributed by atoms with Crippen molar-refractivity contribution in [1.82, 2.24) is 21.5 Å². The fourth-order valence-electron chi connectivity index (χ4n) is 3.47. The number of hydrazine groups is 1. The zero-order valence-corrected chi connectivity index (χ0v) is 19.3. The maximum atomic E-state index is 13.8. The first kappa shape index (κ1) is 24.1. The number of carbonyl (C=O) groups excluding carboxylic acids is 1. The first-order chi connectivity index (χ1) is 16.4. The summed E-state index contributed by atoms with van der Waals surface area (Å²) in [5, 5.41) is 5.96. The highest BCUT2D eigenvalue weighted by Gasteiger charge is 2.26. The van der Waals surface area contributed by atoms with Crippen LogP contribution in [0.3, 0.4) is 0 Å². The predicted octanol–water partition coefficient (Wildman–Crippen LogP) is 4.71. The van der Waals surface area contributed by atoms with Crippen LogP contribution in [0.15, 0.2) is 71.7 Å². The average Bonchev–Trinajstić information content (AvgIpc) is 3.29. The first-order valence-corrected chi connectivity index (χ1v) is 11.2. The number of amides is 1. The number of hydrogen-bond donors (Lipinski definition) is 4. The minimum absolute atomic E-state index is 0.0487. The maximum Gasteiger partial charge on any atom is 0.258 e. The summed E-state index contributed by atoms with van der Waals surface area (Å²) in [4.78, 5) is 17.2. The van der Waals surface area contributed by atoms with Crippen molar-refractivity contribution in [3.05, 3.63) is 105 Å². The van der Waals surface area contributed by atoms with Gasteiger partial charge in [0.05, 0.1) is 17.7 Å². The maximum absolute atomic E-state index is 13.8. The Balaban J connectivity index is 1.51. The number of rotatable bonds is 5. The highest BCUT2D eigenvalue weighted by atomic mass is 35.5. The predicted molar refractivity (Wildman–Crippen MR) is 128 cm³/mol. The Hall–Kier alpha value is -3.04. The molecule has 0 radical (unpaired) electrons. The topological polar surface area (TPSA) is 77.5 Å². The van der Waals surface area contributed by atoms with Crippen LogP contribution in [0.5, 0.6) is 0 Å². The van der Waals surface area contributed by atoms with Gasteiger partial charge in [-0.2, -0.15) is 0 Å². The molecular weight excluding hydrogens is 483 g/mol. The summed E-state index contributed by atoms with van der Waals surface area (Å²) < 4.78 is 27.2. The van der Waals surface area contributed by atoms with Gasteiger partial charge in [0.1, 0.15) is 11.6 Å². The van der Waals surface area contributed by atoms with Gasteiger partial charge in [-0.1, -0.05) is 59.6 Å². The van der Waals surface area contributed by atoms with E-state index >= 15 is 0 Å². The van der Waals surface area contributed by atoms with E-state index in [-0.39, 0.29) is 40.3 Å². The van der Waals surface area contributed by atoms with Crippen LogP contribution in [-0.4, -0.2) is 18.0 Å². The Morgan fingerprint density at radius 2 is 1.79 bits per heavy atom. The van der Waals surface area contributed by atoms with Crippen LogP contribution >= 0.6 is 23.2 Å². The molecule has 1 fully saturated rings. The second-order valence-corrected chi connectivity index (χ2v) is 8.48. The number of nitrogens with one attached hydrogen (secondary N) is 4. The lowest BCUT2D eigenvalue weighted by molar-refractivity contribution is 0.0975. The van der Waals surface area contributed by atoms with Crippen molar-refractivity contribution in [2.75, 3.05) is 0 Å². The van der Waals surface area contributed by atoms with E-state index in [0.29, 0.717) is 12.0 Å². The van der Waals surface area contributed by atoms with E-state index in [2.05, 4.69) is 26.5 Å². The van der Waals surface area contributed by atoms with Gasteiger partial charge in [-0.3, -0.25) is 10.1 Å². The van der Waals surface area contributed by atoms with Crippen molar-refractivity contribution >= 4 is 35.1 Å². The Morgan fingerprint density at radius 3 is 2.53 bits per heavy atom. The number of aliphatic imine (C=N–C) groups is 1. The second-order valence-electron chi connectivity index (χ2n) is 7.67. The third-order valence-corrected chi connectivity index (χ3v) is 5.91. The molecular formula is C24H21Cl2F2N5O. The Labute approximate surface area is 205 Å². The average molecular weight is 504 g/mol. The Bertz CT molecular complexity index is 1210. The molecule has 3 aromatic carbocycles. The van der Waals surface area contributed by atoms with Crippen LogP contribution in [0.4, 0.5) is 8.78 Å². The van der Waals surface area contributed by atoms with Crippen LogP contribution in [0.2, 0.25) is 10.0 Å². The molecule has 1 aliphatic heterocycles. The number of hydrogen-bond acceptors (Lipinski definition) is 4. The molecule has 34 heavy (non-hydrogen) atoms. The normalized spacial score (nSPS) is 18.1. The highest BCUT2D eigenvalue weighted by Crippen LogP contribution is 2.21. The summed E-state index contributed by atoms with van der Waals surface area (Å²) in [5.74, 6) is -1.58. The van der Waals surface area contributed by atoms with Gasteiger partial charge >= 0.3 is 0 Å². The molecule has 4 rings (SSSR count). The minimum Gasteiger partial charge on any atom is -0.339 e. The molecule has 6 nitrogen and oxygen atoms in total. The van der Waals surface area contributed by atoms with Gasteiger partial charge in [0, 0.05) is 23.0 Å². The SMILES string of the molecule is O=C(NC(=NCc1ccc(F)cc1Cl)NC1CC(c2ccccc2)NN1)c1ccc(Cl)c(F)c1. The van der Waals surface area contributed by atoms with E-state index < -0.39 is 17.5 Å². The van der Waals surface area contributed by atoms with Gasteiger partial charge in [0.15, 0.2) is 5.96 Å². The fourth-order valence-corrected chi connectivity index (χ4v) is 3.82. The van der Waals surface area contributed by atoms with E-state index in [1.54, 1.807) is 0 Å². The molecule has 0 bridgehead atoms. The summed E-state index contributed by atoms with van der Waals surface area (Å²) in [6.45, 7) is 0.0823. The van der Waals surface area contributed by atoms with Crippen molar-refractivity contribution in [2.24, 2.45) is 4.99 Å². The number of carbonyl (C=O) groups is 1. The standard InChI is InChI=1S/C24H21Cl2F2N5O/c25-18-9-7-15(10-20(18)28)23(34)31-24(29-13-16-6-8-17(27)11-19(16)26)30-22-12-21(32-33-22)14-4-2-1-3-5-14/h1-11,21-22,32-33H,12-13H2,(H2,29,30,31,34). The monoisotopic (exact) mass is 503 g/mol. The summed E-state index contributed by atoms with van der Waals surface area (Å²) in [6, 6.07) is 17.7. The van der Waals surface area contributed by atoms with Gasteiger partial charge in [0.2, 0.25) is 0 Å². The lowest BCUT2D eigenvalue weighted by atomic mass is 10.0. The zero-order chi connectivity index (χ0) is 24.1. The molecule has 3 aromatic rings. The lowest BCUT2D eigenvalue weighted by Gasteiger charge is -2.17. The molecule has 1 heterocycles.